The summed E-state index contributed by atoms with van der Waals surface area (Å²) in [6.07, 6.45) is 1.47. The average molecular weight is 229 g/mol. The van der Waals surface area contributed by atoms with Crippen molar-refractivity contribution < 1.29 is 14.6 Å². The molecule has 2 N–H and O–H groups in total. The first-order valence-corrected chi connectivity index (χ1v) is 6.10. The molecule has 1 aliphatic rings. The molecule has 1 rings (SSSR count). The van der Waals surface area contributed by atoms with E-state index in [9.17, 15) is 9.90 Å². The molecular formula is C12H23NO3. The molecule has 94 valence electrons. The number of carboxylic acid groups (broad SMARTS) is 1. The summed E-state index contributed by atoms with van der Waals surface area (Å²) in [5.41, 5.74) is -1.01. The highest BCUT2D eigenvalue weighted by Crippen LogP contribution is 2.29. The van der Waals surface area contributed by atoms with Crippen molar-refractivity contribution in [1.82, 2.24) is 5.32 Å². The SMILES string of the molecule is CCCO[C@]1(C(=O)O)CNC[C@H](C(C)C)C1. The molecule has 1 heterocycles. The van der Waals surface area contributed by atoms with E-state index in [1.807, 2.05) is 6.92 Å². The largest absolute Gasteiger partial charge is 0.479 e. The van der Waals surface area contributed by atoms with Crippen molar-refractivity contribution in [1.29, 1.82) is 0 Å². The monoisotopic (exact) mass is 229 g/mol. The Morgan fingerprint density at radius 1 is 1.62 bits per heavy atom. The van der Waals surface area contributed by atoms with Gasteiger partial charge in [-0.1, -0.05) is 20.8 Å². The van der Waals surface area contributed by atoms with Gasteiger partial charge in [-0.3, -0.25) is 0 Å². The molecule has 0 unspecified atom stereocenters. The molecule has 0 aliphatic carbocycles. The first-order valence-electron chi connectivity index (χ1n) is 6.10. The summed E-state index contributed by atoms with van der Waals surface area (Å²) < 4.78 is 5.60. The number of carboxylic acids is 1. The molecule has 0 radical (unpaired) electrons. The van der Waals surface area contributed by atoms with Crippen LogP contribution in [0.25, 0.3) is 0 Å². The quantitative estimate of drug-likeness (QED) is 0.750. The lowest BCUT2D eigenvalue weighted by molar-refractivity contribution is -0.171. The molecule has 0 amide bonds. The zero-order chi connectivity index (χ0) is 12.2. The van der Waals surface area contributed by atoms with E-state index in [0.29, 0.717) is 31.4 Å². The van der Waals surface area contributed by atoms with Gasteiger partial charge in [0.2, 0.25) is 0 Å². The van der Waals surface area contributed by atoms with Crippen LogP contribution < -0.4 is 5.32 Å². The van der Waals surface area contributed by atoms with Crippen LogP contribution in [-0.4, -0.2) is 36.4 Å². The van der Waals surface area contributed by atoms with Crippen LogP contribution in [0.2, 0.25) is 0 Å². The van der Waals surface area contributed by atoms with E-state index in [1.165, 1.54) is 0 Å². The maximum absolute atomic E-state index is 11.4. The number of hydrogen-bond donors (Lipinski definition) is 2. The molecule has 1 fully saturated rings. The van der Waals surface area contributed by atoms with Crippen LogP contribution in [0.4, 0.5) is 0 Å². The van der Waals surface area contributed by atoms with E-state index in [4.69, 9.17) is 4.74 Å². The fourth-order valence-electron chi connectivity index (χ4n) is 2.13. The number of rotatable bonds is 5. The van der Waals surface area contributed by atoms with Crippen LogP contribution in [0.1, 0.15) is 33.6 Å². The first kappa shape index (κ1) is 13.5. The van der Waals surface area contributed by atoms with Gasteiger partial charge in [-0.05, 0) is 31.2 Å². The number of hydrogen-bond acceptors (Lipinski definition) is 3. The summed E-state index contributed by atoms with van der Waals surface area (Å²) >= 11 is 0. The van der Waals surface area contributed by atoms with Gasteiger partial charge >= 0.3 is 5.97 Å². The number of nitrogens with one attached hydrogen (secondary N) is 1. The smallest absolute Gasteiger partial charge is 0.337 e. The second-order valence-corrected chi connectivity index (χ2v) is 4.99. The number of aliphatic carboxylic acids is 1. The van der Waals surface area contributed by atoms with Crippen molar-refractivity contribution in [2.45, 2.75) is 39.2 Å². The number of carbonyl (C=O) groups is 1. The highest BCUT2D eigenvalue weighted by molar-refractivity contribution is 5.78. The Balaban J connectivity index is 2.72. The highest BCUT2D eigenvalue weighted by Gasteiger charge is 2.44. The molecule has 0 bridgehead atoms. The summed E-state index contributed by atoms with van der Waals surface area (Å²) in [4.78, 5) is 11.4. The maximum Gasteiger partial charge on any atom is 0.337 e. The van der Waals surface area contributed by atoms with Crippen molar-refractivity contribution >= 4 is 5.97 Å². The second-order valence-electron chi connectivity index (χ2n) is 4.99. The standard InChI is InChI=1S/C12H23NO3/c1-4-5-16-12(11(14)15)6-10(9(2)3)7-13-8-12/h9-10,13H,4-8H2,1-3H3,(H,14,15)/t10-,12+/m1/s1. The van der Waals surface area contributed by atoms with Gasteiger partial charge in [-0.15, -0.1) is 0 Å². The Hall–Kier alpha value is -0.610. The van der Waals surface area contributed by atoms with Gasteiger partial charge in [-0.2, -0.15) is 0 Å². The molecule has 0 aromatic rings. The van der Waals surface area contributed by atoms with E-state index in [2.05, 4.69) is 19.2 Å². The lowest BCUT2D eigenvalue weighted by Crippen LogP contribution is -2.57. The summed E-state index contributed by atoms with van der Waals surface area (Å²) in [5, 5.41) is 12.5. The van der Waals surface area contributed by atoms with Crippen molar-refractivity contribution in [3.05, 3.63) is 0 Å². The third-order valence-electron chi connectivity index (χ3n) is 3.32. The molecule has 0 saturated carbocycles. The molecule has 4 heteroatoms. The Morgan fingerprint density at radius 2 is 2.31 bits per heavy atom. The number of piperidine rings is 1. The van der Waals surface area contributed by atoms with E-state index in [1.54, 1.807) is 0 Å². The maximum atomic E-state index is 11.4. The lowest BCUT2D eigenvalue weighted by Gasteiger charge is -2.39. The second kappa shape index (κ2) is 5.64. The fourth-order valence-corrected chi connectivity index (χ4v) is 2.13. The molecule has 16 heavy (non-hydrogen) atoms. The molecule has 0 spiro atoms. The Labute approximate surface area is 97.4 Å². The molecule has 0 aromatic heterocycles. The molecular weight excluding hydrogens is 206 g/mol. The van der Waals surface area contributed by atoms with Crippen molar-refractivity contribution in [2.24, 2.45) is 11.8 Å². The summed E-state index contributed by atoms with van der Waals surface area (Å²) in [5.74, 6) is 0.0252. The third-order valence-corrected chi connectivity index (χ3v) is 3.32. The normalized spacial score (nSPS) is 30.6. The van der Waals surface area contributed by atoms with Crippen molar-refractivity contribution in [3.63, 3.8) is 0 Å². The van der Waals surface area contributed by atoms with Gasteiger partial charge in [0.05, 0.1) is 0 Å². The van der Waals surface area contributed by atoms with Gasteiger partial charge in [0, 0.05) is 13.2 Å². The molecule has 4 nitrogen and oxygen atoms in total. The van der Waals surface area contributed by atoms with E-state index < -0.39 is 11.6 Å². The Morgan fingerprint density at radius 3 is 2.81 bits per heavy atom. The summed E-state index contributed by atoms with van der Waals surface area (Å²) in [6, 6.07) is 0. The third kappa shape index (κ3) is 2.95. The van der Waals surface area contributed by atoms with Gasteiger partial charge in [-0.25, -0.2) is 4.79 Å². The zero-order valence-corrected chi connectivity index (χ0v) is 10.5. The van der Waals surface area contributed by atoms with E-state index >= 15 is 0 Å². The Bertz CT molecular complexity index is 242. The minimum absolute atomic E-state index is 0.377. The van der Waals surface area contributed by atoms with Crippen LogP contribution >= 0.6 is 0 Å². The zero-order valence-electron chi connectivity index (χ0n) is 10.5. The lowest BCUT2D eigenvalue weighted by atomic mass is 9.80. The summed E-state index contributed by atoms with van der Waals surface area (Å²) in [7, 11) is 0. The topological polar surface area (TPSA) is 58.6 Å². The Kier molecular flexibility index (Phi) is 4.74. The van der Waals surface area contributed by atoms with E-state index in [0.717, 1.165) is 13.0 Å². The van der Waals surface area contributed by atoms with Crippen LogP contribution in [-0.2, 0) is 9.53 Å². The molecule has 2 atom stereocenters. The van der Waals surface area contributed by atoms with Gasteiger partial charge < -0.3 is 15.2 Å². The summed E-state index contributed by atoms with van der Waals surface area (Å²) in [6.45, 7) is 8.08. The first-order chi connectivity index (χ1) is 7.52. The molecule has 0 aromatic carbocycles. The van der Waals surface area contributed by atoms with Gasteiger partial charge in [0.1, 0.15) is 0 Å². The fraction of sp³-hybridized carbons (Fsp3) is 0.917. The number of ether oxygens (including phenoxy) is 1. The molecule has 1 aliphatic heterocycles. The predicted molar refractivity (Wildman–Crippen MR) is 62.4 cm³/mol. The van der Waals surface area contributed by atoms with Gasteiger partial charge in [0.25, 0.3) is 0 Å². The van der Waals surface area contributed by atoms with Crippen molar-refractivity contribution in [3.8, 4) is 0 Å². The van der Waals surface area contributed by atoms with Crippen LogP contribution in [0.3, 0.4) is 0 Å². The van der Waals surface area contributed by atoms with Gasteiger partial charge in [0.15, 0.2) is 5.60 Å². The predicted octanol–water partition coefficient (Wildman–Crippen LogP) is 1.50. The van der Waals surface area contributed by atoms with E-state index in [-0.39, 0.29) is 0 Å². The average Bonchev–Trinajstić information content (AvgIpc) is 2.26. The van der Waals surface area contributed by atoms with Crippen LogP contribution in [0, 0.1) is 11.8 Å². The minimum atomic E-state index is -1.01. The highest BCUT2D eigenvalue weighted by atomic mass is 16.5. The molecule has 1 saturated heterocycles. The minimum Gasteiger partial charge on any atom is -0.479 e. The van der Waals surface area contributed by atoms with Crippen LogP contribution in [0.15, 0.2) is 0 Å². The van der Waals surface area contributed by atoms with Crippen molar-refractivity contribution in [2.75, 3.05) is 19.7 Å². The van der Waals surface area contributed by atoms with Crippen LogP contribution in [0.5, 0.6) is 0 Å².